The largest absolute Gasteiger partial charge is 0.392 e. The Hall–Kier alpha value is -1.13. The number of aromatic nitrogens is 2. The van der Waals surface area contributed by atoms with E-state index >= 15 is 0 Å². The lowest BCUT2D eigenvalue weighted by Crippen LogP contribution is -1.99. The van der Waals surface area contributed by atoms with Crippen LogP contribution in [0.15, 0.2) is 23.7 Å². The van der Waals surface area contributed by atoms with Crippen LogP contribution in [0.25, 0.3) is 10.6 Å². The number of aliphatic hydroxyl groups is 1. The molecule has 16 heavy (non-hydrogen) atoms. The van der Waals surface area contributed by atoms with Crippen LogP contribution >= 0.6 is 11.3 Å². The maximum absolute atomic E-state index is 9.33. The number of hydrogen-bond acceptors (Lipinski definition) is 3. The smallest absolute Gasteiger partial charge is 0.108 e. The van der Waals surface area contributed by atoms with Crippen LogP contribution in [0.4, 0.5) is 0 Å². The molecule has 2 aromatic rings. The second-order valence-corrected chi connectivity index (χ2v) is 5.25. The Balaban J connectivity index is 1.92. The van der Waals surface area contributed by atoms with E-state index in [9.17, 15) is 5.11 Å². The van der Waals surface area contributed by atoms with Crippen LogP contribution in [0.5, 0.6) is 0 Å². The van der Waals surface area contributed by atoms with Crippen molar-refractivity contribution in [2.45, 2.75) is 26.0 Å². The molecule has 0 unspecified atom stereocenters. The molecule has 84 valence electrons. The molecule has 0 aromatic carbocycles. The highest BCUT2D eigenvalue weighted by atomic mass is 32.1. The molecular weight excluding hydrogens is 220 g/mol. The maximum atomic E-state index is 9.33. The van der Waals surface area contributed by atoms with Gasteiger partial charge in [0, 0.05) is 18.3 Å². The fraction of sp³-hybridized carbons (Fsp3) is 0.417. The molecule has 1 saturated carbocycles. The predicted molar refractivity (Wildman–Crippen MR) is 64.2 cm³/mol. The predicted octanol–water partition coefficient (Wildman–Crippen LogP) is 2.51. The van der Waals surface area contributed by atoms with E-state index in [0.29, 0.717) is 0 Å². The maximum Gasteiger partial charge on any atom is 0.108 e. The van der Waals surface area contributed by atoms with E-state index in [1.165, 1.54) is 12.8 Å². The Kier molecular flexibility index (Phi) is 2.53. The van der Waals surface area contributed by atoms with Gasteiger partial charge in [-0.25, -0.2) is 0 Å². The van der Waals surface area contributed by atoms with E-state index in [1.54, 1.807) is 11.3 Å². The summed E-state index contributed by atoms with van der Waals surface area (Å²) >= 11 is 1.67. The minimum Gasteiger partial charge on any atom is -0.392 e. The lowest BCUT2D eigenvalue weighted by molar-refractivity contribution is 0.282. The Morgan fingerprint density at radius 3 is 3.00 bits per heavy atom. The van der Waals surface area contributed by atoms with Gasteiger partial charge < -0.3 is 5.11 Å². The molecule has 4 heteroatoms. The van der Waals surface area contributed by atoms with Gasteiger partial charge in [0.1, 0.15) is 5.69 Å². The zero-order chi connectivity index (χ0) is 11.0. The fourth-order valence-corrected chi connectivity index (χ4v) is 2.60. The standard InChI is InChI=1S/C12H14N2OS/c15-8-10-7-14(6-9-3-4-9)13-12(10)11-2-1-5-16-11/h1-2,5,7,9,15H,3-4,6,8H2. The summed E-state index contributed by atoms with van der Waals surface area (Å²) in [5, 5.41) is 15.9. The molecule has 0 radical (unpaired) electrons. The van der Waals surface area contributed by atoms with Gasteiger partial charge in [0.05, 0.1) is 11.5 Å². The molecule has 1 aliphatic carbocycles. The van der Waals surface area contributed by atoms with Crippen molar-refractivity contribution in [1.29, 1.82) is 0 Å². The number of thiophene rings is 1. The summed E-state index contributed by atoms with van der Waals surface area (Å²) in [6, 6.07) is 4.06. The molecule has 1 N–H and O–H groups in total. The Bertz CT molecular complexity index is 471. The Labute approximate surface area is 98.3 Å². The molecule has 0 amide bonds. The van der Waals surface area contributed by atoms with E-state index < -0.39 is 0 Å². The van der Waals surface area contributed by atoms with Gasteiger partial charge in [-0.2, -0.15) is 5.10 Å². The first-order valence-corrected chi connectivity index (χ1v) is 6.46. The van der Waals surface area contributed by atoms with Gasteiger partial charge >= 0.3 is 0 Å². The highest BCUT2D eigenvalue weighted by molar-refractivity contribution is 7.13. The van der Waals surface area contributed by atoms with Gasteiger partial charge in [0.25, 0.3) is 0 Å². The molecule has 0 bridgehead atoms. The van der Waals surface area contributed by atoms with Crippen molar-refractivity contribution in [2.24, 2.45) is 5.92 Å². The number of aliphatic hydroxyl groups excluding tert-OH is 1. The molecule has 3 rings (SSSR count). The van der Waals surface area contributed by atoms with E-state index in [4.69, 9.17) is 0 Å². The van der Waals surface area contributed by atoms with Gasteiger partial charge in [-0.05, 0) is 30.2 Å². The van der Waals surface area contributed by atoms with Crippen molar-refractivity contribution in [3.63, 3.8) is 0 Å². The molecular formula is C12H14N2OS. The summed E-state index contributed by atoms with van der Waals surface area (Å²) in [4.78, 5) is 1.14. The number of hydrogen-bond donors (Lipinski definition) is 1. The van der Waals surface area contributed by atoms with Gasteiger partial charge in [-0.1, -0.05) is 6.07 Å². The Morgan fingerprint density at radius 2 is 2.38 bits per heavy atom. The topological polar surface area (TPSA) is 38.0 Å². The quantitative estimate of drug-likeness (QED) is 0.882. The van der Waals surface area contributed by atoms with Crippen LogP contribution in [-0.2, 0) is 13.2 Å². The lowest BCUT2D eigenvalue weighted by atomic mass is 10.2. The van der Waals surface area contributed by atoms with Crippen LogP contribution in [0.2, 0.25) is 0 Å². The second kappa shape index (κ2) is 4.03. The van der Waals surface area contributed by atoms with Crippen LogP contribution in [-0.4, -0.2) is 14.9 Å². The van der Waals surface area contributed by atoms with E-state index in [2.05, 4.69) is 5.10 Å². The minimum absolute atomic E-state index is 0.0674. The highest BCUT2D eigenvalue weighted by Gasteiger charge is 2.23. The SMILES string of the molecule is OCc1cn(CC2CC2)nc1-c1cccs1. The third-order valence-electron chi connectivity index (χ3n) is 2.90. The molecule has 0 atom stereocenters. The summed E-state index contributed by atoms with van der Waals surface area (Å²) in [5.41, 5.74) is 1.88. The molecule has 2 heterocycles. The summed E-state index contributed by atoms with van der Waals surface area (Å²) in [6.45, 7) is 1.07. The fourth-order valence-electron chi connectivity index (χ4n) is 1.86. The normalized spacial score (nSPS) is 15.6. The van der Waals surface area contributed by atoms with E-state index in [1.807, 2.05) is 28.4 Å². The molecule has 1 aliphatic rings. The molecule has 1 fully saturated rings. The van der Waals surface area contributed by atoms with Crippen LogP contribution in [0.1, 0.15) is 18.4 Å². The number of rotatable bonds is 4. The first-order valence-electron chi connectivity index (χ1n) is 5.58. The van der Waals surface area contributed by atoms with Crippen molar-refractivity contribution in [1.82, 2.24) is 9.78 Å². The Morgan fingerprint density at radius 1 is 1.50 bits per heavy atom. The van der Waals surface area contributed by atoms with Gasteiger partial charge in [-0.15, -0.1) is 11.3 Å². The van der Waals surface area contributed by atoms with E-state index in [-0.39, 0.29) is 6.61 Å². The minimum atomic E-state index is 0.0674. The average molecular weight is 234 g/mol. The van der Waals surface area contributed by atoms with Crippen LogP contribution < -0.4 is 0 Å². The van der Waals surface area contributed by atoms with Gasteiger partial charge in [0.2, 0.25) is 0 Å². The zero-order valence-corrected chi connectivity index (χ0v) is 9.78. The first kappa shape index (κ1) is 10.1. The molecule has 0 saturated heterocycles. The van der Waals surface area contributed by atoms with Crippen molar-refractivity contribution in [3.8, 4) is 10.6 Å². The molecule has 3 nitrogen and oxygen atoms in total. The van der Waals surface area contributed by atoms with Crippen LogP contribution in [0, 0.1) is 5.92 Å². The third kappa shape index (κ3) is 1.90. The average Bonchev–Trinajstić information content (AvgIpc) is 2.83. The van der Waals surface area contributed by atoms with Crippen molar-refractivity contribution in [3.05, 3.63) is 29.3 Å². The number of nitrogens with zero attached hydrogens (tertiary/aromatic N) is 2. The van der Waals surface area contributed by atoms with Gasteiger partial charge in [0.15, 0.2) is 0 Å². The first-order chi connectivity index (χ1) is 7.86. The summed E-state index contributed by atoms with van der Waals surface area (Å²) in [7, 11) is 0. The lowest BCUT2D eigenvalue weighted by Gasteiger charge is -1.96. The zero-order valence-electron chi connectivity index (χ0n) is 8.97. The summed E-state index contributed by atoms with van der Waals surface area (Å²) in [6.07, 6.45) is 4.62. The monoisotopic (exact) mass is 234 g/mol. The third-order valence-corrected chi connectivity index (χ3v) is 3.78. The summed E-state index contributed by atoms with van der Waals surface area (Å²) < 4.78 is 1.98. The highest BCUT2D eigenvalue weighted by Crippen LogP contribution is 2.32. The second-order valence-electron chi connectivity index (χ2n) is 4.30. The van der Waals surface area contributed by atoms with E-state index in [0.717, 1.165) is 28.6 Å². The van der Waals surface area contributed by atoms with Crippen molar-refractivity contribution < 1.29 is 5.11 Å². The molecule has 0 spiro atoms. The van der Waals surface area contributed by atoms with Crippen molar-refractivity contribution in [2.75, 3.05) is 0 Å². The van der Waals surface area contributed by atoms with Gasteiger partial charge in [-0.3, -0.25) is 4.68 Å². The van der Waals surface area contributed by atoms with Crippen LogP contribution in [0.3, 0.4) is 0 Å². The summed E-state index contributed by atoms with van der Waals surface area (Å²) in [5.74, 6) is 0.808. The molecule has 0 aliphatic heterocycles. The van der Waals surface area contributed by atoms with Crippen molar-refractivity contribution >= 4 is 11.3 Å². The molecule has 2 aromatic heterocycles.